The van der Waals surface area contributed by atoms with Gasteiger partial charge in [-0.1, -0.05) is 20.8 Å². The van der Waals surface area contributed by atoms with E-state index in [-0.39, 0.29) is 11.3 Å². The molecule has 2 N–H and O–H groups in total. The van der Waals surface area contributed by atoms with Crippen molar-refractivity contribution in [3.05, 3.63) is 0 Å². The van der Waals surface area contributed by atoms with E-state index in [0.717, 1.165) is 12.8 Å². The van der Waals surface area contributed by atoms with E-state index in [1.807, 2.05) is 6.92 Å². The largest absolute Gasteiger partial charge is 0.369 e. The normalized spacial score (nSPS) is 42.6. The molecule has 0 aromatic rings. The molecule has 2 nitrogen and oxygen atoms in total. The van der Waals surface area contributed by atoms with Gasteiger partial charge in [-0.05, 0) is 31.1 Å². The van der Waals surface area contributed by atoms with E-state index in [1.54, 1.807) is 0 Å². The maximum Gasteiger partial charge on any atom is 0.223 e. The standard InChI is InChI=1S/C10H19NO/c1-7-4-8(2)6-10(3,5-7)9(11)12/h7-8H,4-6H2,1-3H3,(H2,11,12)/t7-,8+,10?. The number of rotatable bonds is 1. The van der Waals surface area contributed by atoms with Gasteiger partial charge in [-0.25, -0.2) is 0 Å². The Morgan fingerprint density at radius 2 is 1.75 bits per heavy atom. The molecule has 0 radical (unpaired) electrons. The first-order chi connectivity index (χ1) is 5.44. The highest BCUT2D eigenvalue weighted by atomic mass is 16.1. The second-order valence-electron chi connectivity index (χ2n) is 4.78. The van der Waals surface area contributed by atoms with E-state index in [0.29, 0.717) is 11.8 Å². The van der Waals surface area contributed by atoms with E-state index >= 15 is 0 Å². The van der Waals surface area contributed by atoms with Crippen LogP contribution in [0.1, 0.15) is 40.0 Å². The zero-order chi connectivity index (χ0) is 9.35. The number of carbonyl (C=O) groups excluding carboxylic acids is 1. The van der Waals surface area contributed by atoms with Crippen LogP contribution in [0.3, 0.4) is 0 Å². The van der Waals surface area contributed by atoms with Crippen LogP contribution in [0.5, 0.6) is 0 Å². The van der Waals surface area contributed by atoms with Crippen molar-refractivity contribution in [1.82, 2.24) is 0 Å². The minimum Gasteiger partial charge on any atom is -0.369 e. The smallest absolute Gasteiger partial charge is 0.223 e. The molecule has 2 heteroatoms. The predicted octanol–water partition coefficient (Wildman–Crippen LogP) is 1.93. The molecular formula is C10H19NO. The predicted molar refractivity (Wildman–Crippen MR) is 49.5 cm³/mol. The Labute approximate surface area is 74.5 Å². The topological polar surface area (TPSA) is 43.1 Å². The Kier molecular flexibility index (Phi) is 2.45. The van der Waals surface area contributed by atoms with Gasteiger partial charge in [0.25, 0.3) is 0 Å². The highest BCUT2D eigenvalue weighted by Crippen LogP contribution is 2.41. The summed E-state index contributed by atoms with van der Waals surface area (Å²) in [6, 6.07) is 0. The average molecular weight is 169 g/mol. The summed E-state index contributed by atoms with van der Waals surface area (Å²) in [6.07, 6.45) is 3.17. The first-order valence-corrected chi connectivity index (χ1v) is 4.74. The third-order valence-electron chi connectivity index (χ3n) is 3.00. The Balaban J connectivity index is 2.71. The van der Waals surface area contributed by atoms with Gasteiger partial charge in [0, 0.05) is 5.41 Å². The van der Waals surface area contributed by atoms with Crippen LogP contribution in [0, 0.1) is 17.3 Å². The van der Waals surface area contributed by atoms with E-state index < -0.39 is 0 Å². The molecule has 0 heterocycles. The number of amides is 1. The lowest BCUT2D eigenvalue weighted by Crippen LogP contribution is -2.40. The molecule has 0 bridgehead atoms. The van der Waals surface area contributed by atoms with Crippen molar-refractivity contribution in [3.8, 4) is 0 Å². The van der Waals surface area contributed by atoms with Crippen molar-refractivity contribution >= 4 is 5.91 Å². The summed E-state index contributed by atoms with van der Waals surface area (Å²) in [6.45, 7) is 6.41. The van der Waals surface area contributed by atoms with Crippen molar-refractivity contribution in [1.29, 1.82) is 0 Å². The van der Waals surface area contributed by atoms with E-state index in [4.69, 9.17) is 5.73 Å². The van der Waals surface area contributed by atoms with Crippen molar-refractivity contribution in [2.45, 2.75) is 40.0 Å². The summed E-state index contributed by atoms with van der Waals surface area (Å²) in [7, 11) is 0. The molecule has 0 saturated heterocycles. The minimum absolute atomic E-state index is 0.124. The van der Waals surface area contributed by atoms with Gasteiger partial charge in [-0.3, -0.25) is 4.79 Å². The van der Waals surface area contributed by atoms with Gasteiger partial charge in [-0.2, -0.15) is 0 Å². The summed E-state index contributed by atoms with van der Waals surface area (Å²) in [4.78, 5) is 11.2. The fourth-order valence-corrected chi connectivity index (χ4v) is 2.68. The molecular weight excluding hydrogens is 150 g/mol. The zero-order valence-electron chi connectivity index (χ0n) is 8.26. The summed E-state index contributed by atoms with van der Waals surface area (Å²) >= 11 is 0. The Hall–Kier alpha value is -0.530. The van der Waals surface area contributed by atoms with E-state index in [2.05, 4.69) is 13.8 Å². The number of hydrogen-bond donors (Lipinski definition) is 1. The monoisotopic (exact) mass is 169 g/mol. The lowest BCUT2D eigenvalue weighted by molar-refractivity contribution is -0.130. The molecule has 70 valence electrons. The van der Waals surface area contributed by atoms with E-state index in [9.17, 15) is 4.79 Å². The van der Waals surface area contributed by atoms with Gasteiger partial charge in [0.2, 0.25) is 5.91 Å². The highest BCUT2D eigenvalue weighted by molar-refractivity contribution is 5.80. The number of primary amides is 1. The molecule has 1 fully saturated rings. The summed E-state index contributed by atoms with van der Waals surface area (Å²) < 4.78 is 0. The molecule has 3 atom stereocenters. The Morgan fingerprint density at radius 1 is 1.33 bits per heavy atom. The fourth-order valence-electron chi connectivity index (χ4n) is 2.68. The van der Waals surface area contributed by atoms with Gasteiger partial charge >= 0.3 is 0 Å². The molecule has 1 aliphatic rings. The SMILES string of the molecule is C[C@@H]1C[C@H](C)CC(C)(C(N)=O)C1. The second kappa shape index (κ2) is 3.08. The van der Waals surface area contributed by atoms with Crippen molar-refractivity contribution < 1.29 is 4.79 Å². The molecule has 1 rings (SSSR count). The molecule has 1 saturated carbocycles. The van der Waals surface area contributed by atoms with Crippen LogP contribution in [0.2, 0.25) is 0 Å². The lowest BCUT2D eigenvalue weighted by atomic mass is 9.67. The second-order valence-corrected chi connectivity index (χ2v) is 4.78. The van der Waals surface area contributed by atoms with Crippen LogP contribution < -0.4 is 5.73 Å². The van der Waals surface area contributed by atoms with Crippen molar-refractivity contribution in [2.75, 3.05) is 0 Å². The summed E-state index contributed by atoms with van der Waals surface area (Å²) in [5.74, 6) is 1.17. The van der Waals surface area contributed by atoms with Gasteiger partial charge in [-0.15, -0.1) is 0 Å². The molecule has 1 amide bonds. The van der Waals surface area contributed by atoms with Crippen LogP contribution in [0.25, 0.3) is 0 Å². The number of carbonyl (C=O) groups is 1. The van der Waals surface area contributed by atoms with Crippen LogP contribution in [0.4, 0.5) is 0 Å². The first kappa shape index (κ1) is 9.56. The van der Waals surface area contributed by atoms with Crippen LogP contribution in [-0.2, 0) is 4.79 Å². The van der Waals surface area contributed by atoms with Gasteiger partial charge in [0.05, 0.1) is 0 Å². The summed E-state index contributed by atoms with van der Waals surface area (Å²) in [5, 5.41) is 0. The first-order valence-electron chi connectivity index (χ1n) is 4.74. The minimum atomic E-state index is -0.239. The van der Waals surface area contributed by atoms with Crippen molar-refractivity contribution in [2.24, 2.45) is 23.0 Å². The molecule has 1 unspecified atom stereocenters. The van der Waals surface area contributed by atoms with Crippen molar-refractivity contribution in [3.63, 3.8) is 0 Å². The Morgan fingerprint density at radius 3 is 2.08 bits per heavy atom. The molecule has 0 spiro atoms. The molecule has 12 heavy (non-hydrogen) atoms. The number of hydrogen-bond acceptors (Lipinski definition) is 1. The van der Waals surface area contributed by atoms with E-state index in [1.165, 1.54) is 6.42 Å². The van der Waals surface area contributed by atoms with Crippen LogP contribution >= 0.6 is 0 Å². The van der Waals surface area contributed by atoms with Gasteiger partial charge < -0.3 is 5.73 Å². The average Bonchev–Trinajstić information content (AvgIpc) is 1.82. The maximum atomic E-state index is 11.2. The third kappa shape index (κ3) is 1.79. The van der Waals surface area contributed by atoms with Gasteiger partial charge in [0.15, 0.2) is 0 Å². The van der Waals surface area contributed by atoms with Gasteiger partial charge in [0.1, 0.15) is 0 Å². The molecule has 1 aliphatic carbocycles. The molecule has 0 aromatic carbocycles. The number of nitrogens with two attached hydrogens (primary N) is 1. The maximum absolute atomic E-state index is 11.2. The summed E-state index contributed by atoms with van der Waals surface area (Å²) in [5.41, 5.74) is 5.15. The Bertz CT molecular complexity index is 178. The van der Waals surface area contributed by atoms with Crippen LogP contribution in [0.15, 0.2) is 0 Å². The zero-order valence-corrected chi connectivity index (χ0v) is 8.26. The lowest BCUT2D eigenvalue weighted by Gasteiger charge is -2.37. The highest BCUT2D eigenvalue weighted by Gasteiger charge is 2.38. The quantitative estimate of drug-likeness (QED) is 0.640. The van der Waals surface area contributed by atoms with Crippen LogP contribution in [-0.4, -0.2) is 5.91 Å². The molecule has 0 aliphatic heterocycles. The fraction of sp³-hybridized carbons (Fsp3) is 0.900. The third-order valence-corrected chi connectivity index (χ3v) is 3.00. The molecule has 0 aromatic heterocycles.